The van der Waals surface area contributed by atoms with Gasteiger partial charge < -0.3 is 5.11 Å². The van der Waals surface area contributed by atoms with E-state index in [9.17, 15) is 14.7 Å². The van der Waals surface area contributed by atoms with Crippen LogP contribution in [0.15, 0.2) is 58.1 Å². The quantitative estimate of drug-likeness (QED) is 0.547. The zero-order chi connectivity index (χ0) is 20.4. The highest BCUT2D eigenvalue weighted by molar-refractivity contribution is 5.99. The van der Waals surface area contributed by atoms with Gasteiger partial charge in [0.15, 0.2) is 5.65 Å². The normalized spacial score (nSPS) is 14.8. The molecule has 1 atom stereocenters. The molecule has 0 radical (unpaired) electrons. The van der Waals surface area contributed by atoms with Crippen LogP contribution < -0.4 is 11.2 Å². The first kappa shape index (κ1) is 17.6. The zero-order valence-electron chi connectivity index (χ0n) is 16.3. The molecule has 144 valence electrons. The highest BCUT2D eigenvalue weighted by atomic mass is 16.3. The second-order valence-electron chi connectivity index (χ2n) is 7.51. The molecule has 0 saturated carbocycles. The van der Waals surface area contributed by atoms with Crippen LogP contribution in [0.3, 0.4) is 0 Å². The van der Waals surface area contributed by atoms with E-state index >= 15 is 0 Å². The van der Waals surface area contributed by atoms with Crippen molar-refractivity contribution in [2.24, 2.45) is 14.1 Å². The molecule has 4 aromatic rings. The molecule has 0 aliphatic heterocycles. The minimum Gasteiger partial charge on any atom is -0.384 e. The number of aliphatic hydroxyl groups is 1. The number of pyridine rings is 1. The fourth-order valence-electron chi connectivity index (χ4n) is 4.28. The van der Waals surface area contributed by atoms with Gasteiger partial charge in [-0.3, -0.25) is 13.9 Å². The van der Waals surface area contributed by atoms with Crippen molar-refractivity contribution in [3.63, 3.8) is 0 Å². The van der Waals surface area contributed by atoms with E-state index in [1.807, 2.05) is 55.5 Å². The van der Waals surface area contributed by atoms with Gasteiger partial charge in [-0.2, -0.15) is 0 Å². The molecule has 29 heavy (non-hydrogen) atoms. The zero-order valence-corrected chi connectivity index (χ0v) is 16.3. The fraction of sp³-hybridized carbons (Fsp3) is 0.174. The van der Waals surface area contributed by atoms with Crippen molar-refractivity contribution in [2.45, 2.75) is 13.0 Å². The third-order valence-electron chi connectivity index (χ3n) is 5.72. The largest absolute Gasteiger partial charge is 0.384 e. The van der Waals surface area contributed by atoms with Gasteiger partial charge in [0, 0.05) is 30.8 Å². The summed E-state index contributed by atoms with van der Waals surface area (Å²) >= 11 is 0. The number of benzene rings is 2. The summed E-state index contributed by atoms with van der Waals surface area (Å²) in [6.45, 7) is 1.98. The Morgan fingerprint density at radius 1 is 1.00 bits per heavy atom. The maximum Gasteiger partial charge on any atom is 0.332 e. The lowest BCUT2D eigenvalue weighted by molar-refractivity contribution is 0.225. The van der Waals surface area contributed by atoms with E-state index in [1.165, 1.54) is 11.6 Å². The number of hydrogen-bond donors (Lipinski definition) is 1. The SMILES string of the molecule is Cc1cccc(-c2c3c(nc4c2c(=O)n(C)c(=O)n4C)-c2ccccc2C3O)c1. The van der Waals surface area contributed by atoms with Crippen LogP contribution in [-0.4, -0.2) is 19.2 Å². The number of aromatic nitrogens is 3. The Kier molecular flexibility index (Phi) is 3.63. The molecular weight excluding hydrogens is 366 g/mol. The lowest BCUT2D eigenvalue weighted by Crippen LogP contribution is -2.37. The molecule has 2 aromatic heterocycles. The van der Waals surface area contributed by atoms with Crippen molar-refractivity contribution in [2.75, 3.05) is 0 Å². The fourth-order valence-corrected chi connectivity index (χ4v) is 4.28. The predicted octanol–water partition coefficient (Wildman–Crippen LogP) is 2.67. The average molecular weight is 385 g/mol. The summed E-state index contributed by atoms with van der Waals surface area (Å²) < 4.78 is 2.48. The Morgan fingerprint density at radius 2 is 1.76 bits per heavy atom. The number of aryl methyl sites for hydroxylation is 2. The van der Waals surface area contributed by atoms with E-state index in [-0.39, 0.29) is 0 Å². The second-order valence-corrected chi connectivity index (χ2v) is 7.51. The Balaban J connectivity index is 2.07. The first-order chi connectivity index (χ1) is 13.9. The first-order valence-electron chi connectivity index (χ1n) is 9.38. The molecule has 6 heteroatoms. The van der Waals surface area contributed by atoms with Gasteiger partial charge in [0.25, 0.3) is 5.56 Å². The van der Waals surface area contributed by atoms with E-state index in [0.29, 0.717) is 27.9 Å². The predicted molar refractivity (Wildman–Crippen MR) is 112 cm³/mol. The summed E-state index contributed by atoms with van der Waals surface area (Å²) in [5.41, 5.74) is 4.74. The van der Waals surface area contributed by atoms with E-state index in [4.69, 9.17) is 4.98 Å². The molecule has 0 fully saturated rings. The number of nitrogens with zero attached hydrogens (tertiary/aromatic N) is 3. The van der Waals surface area contributed by atoms with Gasteiger partial charge in [-0.1, -0.05) is 54.1 Å². The van der Waals surface area contributed by atoms with Crippen molar-refractivity contribution < 1.29 is 5.11 Å². The molecule has 1 N–H and O–H groups in total. The summed E-state index contributed by atoms with van der Waals surface area (Å²) in [6.07, 6.45) is -0.893. The van der Waals surface area contributed by atoms with Crippen LogP contribution >= 0.6 is 0 Å². The van der Waals surface area contributed by atoms with E-state index in [0.717, 1.165) is 26.8 Å². The smallest absolute Gasteiger partial charge is 0.332 e. The van der Waals surface area contributed by atoms with Gasteiger partial charge in [-0.15, -0.1) is 0 Å². The summed E-state index contributed by atoms with van der Waals surface area (Å²) in [6, 6.07) is 15.3. The van der Waals surface area contributed by atoms with Crippen LogP contribution in [0.4, 0.5) is 0 Å². The van der Waals surface area contributed by atoms with Crippen LogP contribution in [0.25, 0.3) is 33.4 Å². The maximum absolute atomic E-state index is 13.2. The molecule has 2 heterocycles. The molecule has 0 amide bonds. The highest BCUT2D eigenvalue weighted by Crippen LogP contribution is 2.48. The molecule has 0 spiro atoms. The maximum atomic E-state index is 13.2. The summed E-state index contributed by atoms with van der Waals surface area (Å²) in [4.78, 5) is 30.4. The van der Waals surface area contributed by atoms with E-state index < -0.39 is 17.4 Å². The Bertz CT molecular complexity index is 1450. The minimum absolute atomic E-state index is 0.317. The van der Waals surface area contributed by atoms with E-state index in [1.54, 1.807) is 7.05 Å². The van der Waals surface area contributed by atoms with Gasteiger partial charge in [-0.05, 0) is 18.1 Å². The lowest BCUT2D eigenvalue weighted by atomic mass is 9.93. The van der Waals surface area contributed by atoms with Crippen LogP contribution in [-0.2, 0) is 14.1 Å². The van der Waals surface area contributed by atoms with Crippen LogP contribution in [0, 0.1) is 6.92 Å². The summed E-state index contributed by atoms with van der Waals surface area (Å²) in [5.74, 6) is 0. The number of hydrogen-bond acceptors (Lipinski definition) is 4. The number of aliphatic hydroxyl groups excluding tert-OH is 1. The number of fused-ring (bicyclic) bond motifs is 4. The lowest BCUT2D eigenvalue weighted by Gasteiger charge is -2.17. The van der Waals surface area contributed by atoms with Gasteiger partial charge in [0.1, 0.15) is 6.10 Å². The molecule has 6 nitrogen and oxygen atoms in total. The molecule has 0 saturated heterocycles. The van der Waals surface area contributed by atoms with Crippen molar-refractivity contribution >= 4 is 11.0 Å². The van der Waals surface area contributed by atoms with Crippen LogP contribution in [0.2, 0.25) is 0 Å². The van der Waals surface area contributed by atoms with Crippen molar-refractivity contribution in [3.8, 4) is 22.4 Å². The Labute approximate surface area is 166 Å². The summed E-state index contributed by atoms with van der Waals surface area (Å²) in [7, 11) is 3.07. The number of rotatable bonds is 1. The molecular formula is C23H19N3O3. The first-order valence-corrected chi connectivity index (χ1v) is 9.38. The summed E-state index contributed by atoms with van der Waals surface area (Å²) in [5, 5.41) is 11.5. The van der Waals surface area contributed by atoms with Gasteiger partial charge in [0.05, 0.1) is 11.1 Å². The minimum atomic E-state index is -0.893. The molecule has 5 rings (SSSR count). The third kappa shape index (κ3) is 2.29. The second kappa shape index (κ2) is 5.99. The van der Waals surface area contributed by atoms with Crippen LogP contribution in [0.5, 0.6) is 0 Å². The van der Waals surface area contributed by atoms with Gasteiger partial charge >= 0.3 is 5.69 Å². The molecule has 0 bridgehead atoms. The van der Waals surface area contributed by atoms with Gasteiger partial charge in [0.2, 0.25) is 0 Å². The van der Waals surface area contributed by atoms with Gasteiger partial charge in [-0.25, -0.2) is 9.78 Å². The molecule has 1 unspecified atom stereocenters. The standard InChI is InChI=1S/C23H19N3O3/c1-12-7-6-8-13(11-12)16-17-19(14-9-4-5-10-15(14)20(17)27)24-21-18(16)22(28)26(3)23(29)25(21)2/h4-11,20,27H,1-3H3. The van der Waals surface area contributed by atoms with Crippen molar-refractivity contribution in [3.05, 3.63) is 86.1 Å². The third-order valence-corrected chi connectivity index (χ3v) is 5.72. The molecule has 1 aliphatic carbocycles. The average Bonchev–Trinajstić information content (AvgIpc) is 3.01. The van der Waals surface area contributed by atoms with E-state index in [2.05, 4.69) is 0 Å². The topological polar surface area (TPSA) is 77.1 Å². The molecule has 1 aliphatic rings. The monoisotopic (exact) mass is 385 g/mol. The van der Waals surface area contributed by atoms with Crippen molar-refractivity contribution in [1.29, 1.82) is 0 Å². The van der Waals surface area contributed by atoms with Crippen molar-refractivity contribution in [1.82, 2.24) is 14.1 Å². The molecule has 2 aromatic carbocycles. The highest BCUT2D eigenvalue weighted by Gasteiger charge is 2.34. The Morgan fingerprint density at radius 3 is 2.52 bits per heavy atom. The van der Waals surface area contributed by atoms with Crippen LogP contribution in [0.1, 0.15) is 22.8 Å². The Hall–Kier alpha value is -3.51.